The Hall–Kier alpha value is -4.12. The number of carboxylic acids is 1. The number of aliphatic carboxylic acids is 1. The first kappa shape index (κ1) is 21.1. The molecule has 32 heavy (non-hydrogen) atoms. The van der Waals surface area contributed by atoms with Gasteiger partial charge in [-0.15, -0.1) is 0 Å². The maximum atomic E-state index is 13.2. The summed E-state index contributed by atoms with van der Waals surface area (Å²) in [5.41, 5.74) is 5.24. The zero-order valence-corrected chi connectivity index (χ0v) is 17.5. The SMILES string of the molecule is O=C(O)CCCOc1ccccc1C(=O)Nc1cc(-c2ccccc2)c2cccccc1-2. The molecule has 5 nitrogen and oxygen atoms in total. The maximum absolute atomic E-state index is 13.2. The van der Waals surface area contributed by atoms with Crippen LogP contribution in [0.25, 0.3) is 22.3 Å². The Morgan fingerprint density at radius 2 is 1.44 bits per heavy atom. The molecule has 2 aromatic rings. The number of amides is 1. The molecule has 0 heterocycles. The smallest absolute Gasteiger partial charge is 0.303 e. The molecule has 0 saturated carbocycles. The van der Waals surface area contributed by atoms with Gasteiger partial charge in [-0.05, 0) is 41.3 Å². The molecule has 0 fully saturated rings. The van der Waals surface area contributed by atoms with Crippen LogP contribution in [0.2, 0.25) is 0 Å². The van der Waals surface area contributed by atoms with Crippen LogP contribution in [-0.2, 0) is 4.79 Å². The van der Waals surface area contributed by atoms with Crippen molar-refractivity contribution in [2.45, 2.75) is 12.8 Å². The number of carbonyl (C=O) groups excluding carboxylic acids is 1. The second-order valence-corrected chi connectivity index (χ2v) is 7.37. The summed E-state index contributed by atoms with van der Waals surface area (Å²) < 4.78 is 5.70. The summed E-state index contributed by atoms with van der Waals surface area (Å²) in [6.45, 7) is 0.226. The number of nitrogens with one attached hydrogen (secondary N) is 1. The Morgan fingerprint density at radius 1 is 0.781 bits per heavy atom. The number of hydrogen-bond donors (Lipinski definition) is 2. The summed E-state index contributed by atoms with van der Waals surface area (Å²) >= 11 is 0. The Balaban J connectivity index is 1.61. The third-order valence-electron chi connectivity index (χ3n) is 5.16. The maximum Gasteiger partial charge on any atom is 0.303 e. The molecule has 4 rings (SSSR count). The molecule has 5 heteroatoms. The number of hydrogen-bond acceptors (Lipinski definition) is 3. The topological polar surface area (TPSA) is 75.6 Å². The van der Waals surface area contributed by atoms with Crippen LogP contribution < -0.4 is 10.1 Å². The molecule has 2 N–H and O–H groups in total. The van der Waals surface area contributed by atoms with Crippen LogP contribution in [0.5, 0.6) is 5.75 Å². The molecule has 2 aliphatic rings. The number of benzene rings is 2. The fourth-order valence-electron chi connectivity index (χ4n) is 3.65. The Bertz CT molecular complexity index is 1200. The molecule has 2 aromatic carbocycles. The fourth-order valence-corrected chi connectivity index (χ4v) is 3.65. The quantitative estimate of drug-likeness (QED) is 0.342. The molecule has 0 bridgehead atoms. The highest BCUT2D eigenvalue weighted by atomic mass is 16.5. The first-order valence-electron chi connectivity index (χ1n) is 10.5. The molecule has 2 aliphatic carbocycles. The summed E-state index contributed by atoms with van der Waals surface area (Å²) in [5.74, 6) is -0.720. The van der Waals surface area contributed by atoms with Crippen LogP contribution in [0.4, 0.5) is 5.69 Å². The molecule has 0 aromatic heterocycles. The van der Waals surface area contributed by atoms with Gasteiger partial charge in [0.2, 0.25) is 0 Å². The van der Waals surface area contributed by atoms with E-state index in [9.17, 15) is 9.59 Å². The van der Waals surface area contributed by atoms with Crippen molar-refractivity contribution >= 4 is 17.6 Å². The van der Waals surface area contributed by atoms with Crippen LogP contribution in [0.1, 0.15) is 23.2 Å². The van der Waals surface area contributed by atoms with Crippen molar-refractivity contribution in [3.8, 4) is 28.0 Å². The summed E-state index contributed by atoms with van der Waals surface area (Å²) in [7, 11) is 0. The van der Waals surface area contributed by atoms with Crippen molar-refractivity contribution in [3.05, 3.63) is 96.6 Å². The second-order valence-electron chi connectivity index (χ2n) is 7.37. The average Bonchev–Trinajstić information content (AvgIpc) is 2.97. The van der Waals surface area contributed by atoms with E-state index in [0.29, 0.717) is 17.7 Å². The first-order valence-corrected chi connectivity index (χ1v) is 10.5. The average molecular weight is 425 g/mol. The standard InChI is InChI=1S/C27H23NO4/c29-26(30)16-9-17-32-25-15-8-7-14-22(25)27(31)28-24-18-23(19-10-3-1-4-11-19)20-12-5-2-6-13-21(20)24/h1-8,10-15,18H,9,16-17H2,(H,28,31)(H,29,30). The van der Waals surface area contributed by atoms with Gasteiger partial charge >= 0.3 is 5.97 Å². The number of ether oxygens (including phenoxy) is 1. The molecule has 0 atom stereocenters. The minimum atomic E-state index is -0.870. The van der Waals surface area contributed by atoms with Crippen LogP contribution >= 0.6 is 0 Å². The van der Waals surface area contributed by atoms with E-state index < -0.39 is 5.97 Å². The molecule has 0 saturated heterocycles. The van der Waals surface area contributed by atoms with Crippen molar-refractivity contribution in [1.29, 1.82) is 0 Å². The van der Waals surface area contributed by atoms with Gasteiger partial charge in [-0.1, -0.05) is 72.8 Å². The highest BCUT2D eigenvalue weighted by molar-refractivity contribution is 6.10. The van der Waals surface area contributed by atoms with E-state index in [4.69, 9.17) is 9.84 Å². The number of anilines is 1. The van der Waals surface area contributed by atoms with Crippen LogP contribution in [0, 0.1) is 0 Å². The lowest BCUT2D eigenvalue weighted by atomic mass is 10.0. The minimum absolute atomic E-state index is 0.0210. The predicted octanol–water partition coefficient (Wildman–Crippen LogP) is 5.95. The summed E-state index contributed by atoms with van der Waals surface area (Å²) in [4.78, 5) is 23.9. The van der Waals surface area contributed by atoms with Gasteiger partial charge in [0.05, 0.1) is 12.2 Å². The van der Waals surface area contributed by atoms with Crippen molar-refractivity contribution in [3.63, 3.8) is 0 Å². The highest BCUT2D eigenvalue weighted by Gasteiger charge is 2.19. The summed E-state index contributed by atoms with van der Waals surface area (Å²) in [5, 5.41) is 11.8. The summed E-state index contributed by atoms with van der Waals surface area (Å²) in [6, 6.07) is 29.0. The third-order valence-corrected chi connectivity index (χ3v) is 5.16. The number of rotatable bonds is 8. The van der Waals surface area contributed by atoms with Gasteiger partial charge in [0.25, 0.3) is 5.91 Å². The van der Waals surface area contributed by atoms with Crippen molar-refractivity contribution in [2.24, 2.45) is 0 Å². The zero-order chi connectivity index (χ0) is 22.3. The molecule has 0 aliphatic heterocycles. The minimum Gasteiger partial charge on any atom is -0.493 e. The van der Waals surface area contributed by atoms with E-state index in [1.807, 2.05) is 66.7 Å². The van der Waals surface area contributed by atoms with Gasteiger partial charge < -0.3 is 15.2 Å². The van der Waals surface area contributed by atoms with E-state index in [1.54, 1.807) is 24.3 Å². The number of fused-ring (bicyclic) bond motifs is 1. The van der Waals surface area contributed by atoms with E-state index in [0.717, 1.165) is 27.9 Å². The zero-order valence-electron chi connectivity index (χ0n) is 17.5. The van der Waals surface area contributed by atoms with Gasteiger partial charge in [-0.25, -0.2) is 0 Å². The van der Waals surface area contributed by atoms with Gasteiger partial charge in [0.15, 0.2) is 0 Å². The number of para-hydroxylation sites is 1. The molecule has 0 unspecified atom stereocenters. The molecular formula is C27H23NO4. The van der Waals surface area contributed by atoms with Crippen LogP contribution in [-0.4, -0.2) is 23.6 Å². The number of carbonyl (C=O) groups is 2. The molecular weight excluding hydrogens is 402 g/mol. The first-order chi connectivity index (χ1) is 15.6. The third kappa shape index (κ3) is 4.78. The van der Waals surface area contributed by atoms with Gasteiger partial charge in [-0.2, -0.15) is 0 Å². The van der Waals surface area contributed by atoms with Crippen molar-refractivity contribution in [1.82, 2.24) is 0 Å². The van der Waals surface area contributed by atoms with Crippen molar-refractivity contribution in [2.75, 3.05) is 11.9 Å². The van der Waals surface area contributed by atoms with E-state index in [2.05, 4.69) is 5.32 Å². The second kappa shape index (κ2) is 9.79. The van der Waals surface area contributed by atoms with E-state index in [-0.39, 0.29) is 18.9 Å². The number of carboxylic acid groups (broad SMARTS) is 1. The Labute approximate surface area is 186 Å². The summed E-state index contributed by atoms with van der Waals surface area (Å²) in [6.07, 6.45) is 0.392. The molecule has 0 spiro atoms. The Kier molecular flexibility index (Phi) is 6.46. The molecule has 1 amide bonds. The normalized spacial score (nSPS) is 10.6. The van der Waals surface area contributed by atoms with Crippen LogP contribution in [0.15, 0.2) is 91.0 Å². The van der Waals surface area contributed by atoms with E-state index in [1.165, 1.54) is 0 Å². The van der Waals surface area contributed by atoms with Gasteiger partial charge in [-0.3, -0.25) is 9.59 Å². The lowest BCUT2D eigenvalue weighted by molar-refractivity contribution is -0.137. The molecule has 0 radical (unpaired) electrons. The fraction of sp³-hybridized carbons (Fsp3) is 0.111. The monoisotopic (exact) mass is 425 g/mol. The van der Waals surface area contributed by atoms with Gasteiger partial charge in [0, 0.05) is 17.7 Å². The lowest BCUT2D eigenvalue weighted by Gasteiger charge is -2.11. The predicted molar refractivity (Wildman–Crippen MR) is 125 cm³/mol. The largest absolute Gasteiger partial charge is 0.493 e. The highest BCUT2D eigenvalue weighted by Crippen LogP contribution is 2.41. The Morgan fingerprint density at radius 3 is 2.19 bits per heavy atom. The van der Waals surface area contributed by atoms with Crippen LogP contribution in [0.3, 0.4) is 0 Å². The van der Waals surface area contributed by atoms with Gasteiger partial charge in [0.1, 0.15) is 5.75 Å². The lowest BCUT2D eigenvalue weighted by Crippen LogP contribution is -2.14. The molecule has 160 valence electrons. The van der Waals surface area contributed by atoms with Crippen molar-refractivity contribution < 1.29 is 19.4 Å². The van der Waals surface area contributed by atoms with E-state index >= 15 is 0 Å².